The van der Waals surface area contributed by atoms with Crippen molar-refractivity contribution in [1.29, 1.82) is 0 Å². The molecule has 140 valence electrons. The summed E-state index contributed by atoms with van der Waals surface area (Å²) in [4.78, 5) is 19.0. The molecule has 27 heavy (non-hydrogen) atoms. The van der Waals surface area contributed by atoms with E-state index < -0.39 is 0 Å². The summed E-state index contributed by atoms with van der Waals surface area (Å²) in [5, 5.41) is 12.5. The molecule has 2 amide bonds. The maximum atomic E-state index is 13.0. The van der Waals surface area contributed by atoms with E-state index in [-0.39, 0.29) is 25.2 Å². The zero-order valence-electron chi connectivity index (χ0n) is 15.3. The summed E-state index contributed by atoms with van der Waals surface area (Å²) in [5.41, 5.74) is 4.51. The largest absolute Gasteiger partial charge is 0.441 e. The lowest BCUT2D eigenvalue weighted by molar-refractivity contribution is 0.155. The molecule has 0 saturated carbocycles. The monoisotopic (exact) mass is 365 g/mol. The van der Waals surface area contributed by atoms with E-state index >= 15 is 0 Å². The molecule has 3 aromatic rings. The zero-order chi connectivity index (χ0) is 18.8. The van der Waals surface area contributed by atoms with E-state index in [4.69, 9.17) is 4.42 Å². The summed E-state index contributed by atoms with van der Waals surface area (Å²) in [5.74, 6) is 0.592. The highest BCUT2D eigenvalue weighted by molar-refractivity contribution is 5.92. The van der Waals surface area contributed by atoms with Gasteiger partial charge < -0.3 is 19.7 Å². The Morgan fingerprint density at radius 3 is 3.04 bits per heavy atom. The fourth-order valence-corrected chi connectivity index (χ4v) is 3.87. The van der Waals surface area contributed by atoms with Crippen LogP contribution in [0.2, 0.25) is 0 Å². The molecule has 6 nitrogen and oxygen atoms in total. The molecule has 2 aromatic carbocycles. The number of rotatable bonds is 4. The molecule has 1 aliphatic carbocycles. The Hall–Kier alpha value is -2.86. The number of aliphatic hydroxyl groups is 1. The predicted octanol–water partition coefficient (Wildman–Crippen LogP) is 4.04. The van der Waals surface area contributed by atoms with E-state index in [1.54, 1.807) is 17.9 Å². The number of nitrogens with one attached hydrogen (secondary N) is 1. The van der Waals surface area contributed by atoms with Crippen LogP contribution >= 0.6 is 0 Å². The first-order valence-electron chi connectivity index (χ1n) is 9.29. The van der Waals surface area contributed by atoms with E-state index in [9.17, 15) is 9.90 Å². The second-order valence-electron chi connectivity index (χ2n) is 6.87. The van der Waals surface area contributed by atoms with Crippen molar-refractivity contribution >= 4 is 22.8 Å². The van der Waals surface area contributed by atoms with E-state index in [2.05, 4.69) is 22.4 Å². The number of hydrogen-bond acceptors (Lipinski definition) is 4. The molecule has 1 atom stereocenters. The number of urea groups is 1. The average Bonchev–Trinajstić information content (AvgIpc) is 3.05. The fourth-order valence-electron chi connectivity index (χ4n) is 3.87. The first-order chi connectivity index (χ1) is 13.2. The summed E-state index contributed by atoms with van der Waals surface area (Å²) >= 11 is 0. The first-order valence-corrected chi connectivity index (χ1v) is 9.29. The van der Waals surface area contributed by atoms with E-state index in [0.717, 1.165) is 24.8 Å². The van der Waals surface area contributed by atoms with Crippen LogP contribution in [0.25, 0.3) is 11.1 Å². The molecule has 1 aromatic heterocycles. The van der Waals surface area contributed by atoms with Crippen LogP contribution in [0.15, 0.2) is 46.9 Å². The highest BCUT2D eigenvalue weighted by Crippen LogP contribution is 2.34. The SMILES string of the molecule is Cc1nc2ccc(NC(=O)N(CCO)[C@H]3CCCc4ccccc43)cc2o1. The van der Waals surface area contributed by atoms with Crippen LogP contribution in [0, 0.1) is 6.92 Å². The van der Waals surface area contributed by atoms with Gasteiger partial charge in [-0.3, -0.25) is 0 Å². The quantitative estimate of drug-likeness (QED) is 0.731. The van der Waals surface area contributed by atoms with Crippen molar-refractivity contribution < 1.29 is 14.3 Å². The van der Waals surface area contributed by atoms with Crippen molar-refractivity contribution in [2.75, 3.05) is 18.5 Å². The van der Waals surface area contributed by atoms with Gasteiger partial charge in [0.25, 0.3) is 0 Å². The number of aryl methyl sites for hydroxylation is 2. The minimum atomic E-state index is -0.221. The van der Waals surface area contributed by atoms with Gasteiger partial charge in [0.2, 0.25) is 0 Å². The van der Waals surface area contributed by atoms with Crippen molar-refractivity contribution in [2.24, 2.45) is 0 Å². The van der Waals surface area contributed by atoms with Gasteiger partial charge in [-0.15, -0.1) is 0 Å². The third-order valence-electron chi connectivity index (χ3n) is 5.06. The molecule has 1 heterocycles. The summed E-state index contributed by atoms with van der Waals surface area (Å²) in [6, 6.07) is 13.4. The lowest BCUT2D eigenvalue weighted by Gasteiger charge is -2.35. The lowest BCUT2D eigenvalue weighted by Crippen LogP contribution is -2.41. The van der Waals surface area contributed by atoms with Gasteiger partial charge in [0.15, 0.2) is 11.5 Å². The van der Waals surface area contributed by atoms with Gasteiger partial charge in [0.05, 0.1) is 12.6 Å². The van der Waals surface area contributed by atoms with Crippen molar-refractivity contribution in [3.63, 3.8) is 0 Å². The Balaban J connectivity index is 1.59. The second-order valence-corrected chi connectivity index (χ2v) is 6.87. The van der Waals surface area contributed by atoms with Crippen LogP contribution in [0.5, 0.6) is 0 Å². The van der Waals surface area contributed by atoms with Crippen LogP contribution in [-0.2, 0) is 6.42 Å². The number of nitrogens with zero attached hydrogens (tertiary/aromatic N) is 2. The Morgan fingerprint density at radius 1 is 1.33 bits per heavy atom. The van der Waals surface area contributed by atoms with Crippen molar-refractivity contribution in [1.82, 2.24) is 9.88 Å². The third-order valence-corrected chi connectivity index (χ3v) is 5.06. The molecule has 0 aliphatic heterocycles. The number of anilines is 1. The lowest BCUT2D eigenvalue weighted by atomic mass is 9.87. The Bertz CT molecular complexity index is 966. The predicted molar refractivity (Wildman–Crippen MR) is 104 cm³/mol. The standard InChI is InChI=1S/C21H23N3O3/c1-14-22-18-10-9-16(13-20(18)27-14)23-21(26)24(11-12-25)19-8-4-6-15-5-2-3-7-17(15)19/h2-3,5,7,9-10,13,19,25H,4,6,8,11-12H2,1H3,(H,23,26)/t19-/m0/s1. The van der Waals surface area contributed by atoms with Crippen LogP contribution < -0.4 is 5.32 Å². The molecule has 0 spiro atoms. The van der Waals surface area contributed by atoms with Gasteiger partial charge in [-0.25, -0.2) is 9.78 Å². The molecular formula is C21H23N3O3. The molecule has 0 unspecified atom stereocenters. The van der Waals surface area contributed by atoms with Crippen molar-refractivity contribution in [2.45, 2.75) is 32.2 Å². The van der Waals surface area contributed by atoms with Crippen LogP contribution in [0.1, 0.15) is 35.9 Å². The molecular weight excluding hydrogens is 342 g/mol. The molecule has 0 fully saturated rings. The number of amides is 2. The Morgan fingerprint density at radius 2 is 2.19 bits per heavy atom. The molecule has 2 N–H and O–H groups in total. The molecule has 0 saturated heterocycles. The highest BCUT2D eigenvalue weighted by Gasteiger charge is 2.29. The average molecular weight is 365 g/mol. The summed E-state index contributed by atoms with van der Waals surface area (Å²) in [6.07, 6.45) is 2.95. The van der Waals surface area contributed by atoms with E-state index in [0.29, 0.717) is 17.2 Å². The van der Waals surface area contributed by atoms with Crippen LogP contribution in [-0.4, -0.2) is 34.2 Å². The number of fused-ring (bicyclic) bond motifs is 2. The van der Waals surface area contributed by atoms with Crippen LogP contribution in [0.3, 0.4) is 0 Å². The van der Waals surface area contributed by atoms with Gasteiger partial charge in [-0.05, 0) is 42.5 Å². The minimum absolute atomic E-state index is 0.0293. The van der Waals surface area contributed by atoms with Gasteiger partial charge in [-0.2, -0.15) is 0 Å². The zero-order valence-corrected chi connectivity index (χ0v) is 15.3. The maximum Gasteiger partial charge on any atom is 0.322 e. The van der Waals surface area contributed by atoms with Gasteiger partial charge in [0.1, 0.15) is 5.52 Å². The molecule has 0 radical (unpaired) electrons. The molecule has 0 bridgehead atoms. The van der Waals surface area contributed by atoms with Crippen molar-refractivity contribution in [3.05, 3.63) is 59.5 Å². The number of hydrogen-bond donors (Lipinski definition) is 2. The van der Waals surface area contributed by atoms with Gasteiger partial charge >= 0.3 is 6.03 Å². The highest BCUT2D eigenvalue weighted by atomic mass is 16.3. The smallest absolute Gasteiger partial charge is 0.322 e. The number of carbonyl (C=O) groups is 1. The minimum Gasteiger partial charge on any atom is -0.441 e. The number of carbonyl (C=O) groups excluding carboxylic acids is 1. The second kappa shape index (κ2) is 7.40. The van der Waals surface area contributed by atoms with E-state index in [1.807, 2.05) is 24.3 Å². The van der Waals surface area contributed by atoms with Crippen LogP contribution in [0.4, 0.5) is 10.5 Å². The number of aliphatic hydroxyl groups excluding tert-OH is 1. The Kier molecular flexibility index (Phi) is 4.81. The third kappa shape index (κ3) is 3.53. The first kappa shape index (κ1) is 17.5. The molecule has 6 heteroatoms. The number of aromatic nitrogens is 1. The topological polar surface area (TPSA) is 78.6 Å². The maximum absolute atomic E-state index is 13.0. The normalized spacial score (nSPS) is 16.1. The van der Waals surface area contributed by atoms with Crippen molar-refractivity contribution in [3.8, 4) is 0 Å². The van der Waals surface area contributed by atoms with E-state index in [1.165, 1.54) is 11.1 Å². The summed E-state index contributed by atoms with van der Waals surface area (Å²) in [7, 11) is 0. The molecule has 1 aliphatic rings. The fraction of sp³-hybridized carbons (Fsp3) is 0.333. The molecule has 4 rings (SSSR count). The number of benzene rings is 2. The summed E-state index contributed by atoms with van der Waals surface area (Å²) < 4.78 is 5.54. The Labute approximate surface area is 157 Å². The van der Waals surface area contributed by atoms with Gasteiger partial charge in [-0.1, -0.05) is 24.3 Å². The summed E-state index contributed by atoms with van der Waals surface area (Å²) in [6.45, 7) is 2.00. The number of oxazole rings is 1. The van der Waals surface area contributed by atoms with Gasteiger partial charge in [0, 0.05) is 25.2 Å².